The molecule has 0 saturated carbocycles. The van der Waals surface area contributed by atoms with Gasteiger partial charge in [0.2, 0.25) is 5.91 Å². The average Bonchev–Trinajstić information content (AvgIpc) is 2.74. The third-order valence-electron chi connectivity index (χ3n) is 4.14. The fourth-order valence-electron chi connectivity index (χ4n) is 2.70. The minimum Gasteiger partial charge on any atom is -0.462 e. The molecular formula is C23H22N2O3S. The first-order chi connectivity index (χ1) is 14.1. The van der Waals surface area contributed by atoms with E-state index in [2.05, 4.69) is 5.32 Å². The van der Waals surface area contributed by atoms with Gasteiger partial charge in [0.1, 0.15) is 5.25 Å². The monoisotopic (exact) mass is 406 g/mol. The van der Waals surface area contributed by atoms with Gasteiger partial charge in [0, 0.05) is 16.3 Å². The Labute approximate surface area is 174 Å². The molecule has 6 heteroatoms. The number of carbonyl (C=O) groups excluding carboxylic acids is 2. The number of ether oxygens (including phenoxy) is 1. The molecule has 0 spiro atoms. The minimum atomic E-state index is -0.440. The quantitative estimate of drug-likeness (QED) is 0.331. The van der Waals surface area contributed by atoms with Crippen LogP contribution in [0.1, 0.15) is 28.1 Å². The second-order valence-corrected chi connectivity index (χ2v) is 7.44. The van der Waals surface area contributed by atoms with Crippen LogP contribution in [-0.2, 0) is 9.53 Å². The van der Waals surface area contributed by atoms with Gasteiger partial charge in [-0.15, -0.1) is 11.8 Å². The number of hydrogen-bond acceptors (Lipinski definition) is 5. The third-order valence-corrected chi connectivity index (χ3v) is 5.40. The van der Waals surface area contributed by atoms with Crippen LogP contribution in [0.4, 0.5) is 11.4 Å². The molecular weight excluding hydrogens is 384 g/mol. The van der Waals surface area contributed by atoms with Crippen molar-refractivity contribution in [3.63, 3.8) is 0 Å². The lowest BCUT2D eigenvalue weighted by molar-refractivity contribution is -0.115. The van der Waals surface area contributed by atoms with Crippen molar-refractivity contribution in [1.82, 2.24) is 0 Å². The average molecular weight is 407 g/mol. The van der Waals surface area contributed by atoms with E-state index in [1.165, 1.54) is 11.8 Å². The van der Waals surface area contributed by atoms with E-state index in [0.717, 1.165) is 10.5 Å². The number of carbonyl (C=O) groups is 2. The van der Waals surface area contributed by atoms with Gasteiger partial charge in [-0.2, -0.15) is 0 Å². The molecule has 148 valence electrons. The molecule has 0 radical (unpaired) electrons. The summed E-state index contributed by atoms with van der Waals surface area (Å²) in [6.07, 6.45) is 0. The highest BCUT2D eigenvalue weighted by molar-refractivity contribution is 8.00. The number of nitrogens with two attached hydrogens (primary N) is 1. The molecule has 0 aliphatic rings. The molecule has 5 nitrogen and oxygen atoms in total. The van der Waals surface area contributed by atoms with Crippen molar-refractivity contribution in [3.8, 4) is 0 Å². The van der Waals surface area contributed by atoms with Crippen molar-refractivity contribution < 1.29 is 14.3 Å². The molecule has 3 N–H and O–H groups in total. The molecule has 0 heterocycles. The van der Waals surface area contributed by atoms with Crippen molar-refractivity contribution in [2.75, 3.05) is 17.7 Å². The van der Waals surface area contributed by atoms with Gasteiger partial charge in [0.25, 0.3) is 0 Å². The maximum atomic E-state index is 13.1. The largest absolute Gasteiger partial charge is 0.462 e. The predicted octanol–water partition coefficient (Wildman–Crippen LogP) is 4.92. The fourth-order valence-corrected chi connectivity index (χ4v) is 3.72. The highest BCUT2D eigenvalue weighted by Crippen LogP contribution is 2.36. The zero-order valence-corrected chi connectivity index (χ0v) is 16.8. The summed E-state index contributed by atoms with van der Waals surface area (Å²) in [5.74, 6) is -0.534. The number of hydrogen-bond donors (Lipinski definition) is 2. The highest BCUT2D eigenvalue weighted by Gasteiger charge is 2.22. The number of nitrogens with one attached hydrogen (secondary N) is 1. The molecule has 0 fully saturated rings. The fraction of sp³-hybridized carbons (Fsp3) is 0.130. The molecule has 0 aliphatic carbocycles. The van der Waals surface area contributed by atoms with E-state index in [0.29, 0.717) is 23.5 Å². The maximum Gasteiger partial charge on any atom is 0.338 e. The molecule has 0 aliphatic heterocycles. The smallest absolute Gasteiger partial charge is 0.338 e. The first-order valence-electron chi connectivity index (χ1n) is 9.22. The number of nitrogen functional groups attached to an aromatic ring is 1. The molecule has 1 atom stereocenters. The normalized spacial score (nSPS) is 11.5. The summed E-state index contributed by atoms with van der Waals surface area (Å²) < 4.78 is 4.98. The predicted molar refractivity (Wildman–Crippen MR) is 117 cm³/mol. The molecule has 29 heavy (non-hydrogen) atoms. The molecule has 0 saturated heterocycles. The van der Waals surface area contributed by atoms with E-state index in [4.69, 9.17) is 10.5 Å². The van der Waals surface area contributed by atoms with Crippen LogP contribution in [0.5, 0.6) is 0 Å². The number of benzene rings is 3. The number of rotatable bonds is 7. The van der Waals surface area contributed by atoms with E-state index >= 15 is 0 Å². The van der Waals surface area contributed by atoms with Crippen molar-refractivity contribution in [1.29, 1.82) is 0 Å². The summed E-state index contributed by atoms with van der Waals surface area (Å²) in [4.78, 5) is 25.8. The van der Waals surface area contributed by atoms with Crippen LogP contribution in [0.25, 0.3) is 0 Å². The molecule has 3 rings (SSSR count). The van der Waals surface area contributed by atoms with Crippen LogP contribution in [0, 0.1) is 0 Å². The van der Waals surface area contributed by atoms with E-state index in [9.17, 15) is 9.59 Å². The van der Waals surface area contributed by atoms with Crippen LogP contribution >= 0.6 is 11.8 Å². The maximum absolute atomic E-state index is 13.1. The van der Waals surface area contributed by atoms with Crippen LogP contribution < -0.4 is 11.1 Å². The zero-order chi connectivity index (χ0) is 20.6. The van der Waals surface area contributed by atoms with E-state index in [-0.39, 0.29) is 11.9 Å². The summed E-state index contributed by atoms with van der Waals surface area (Å²) in [5.41, 5.74) is 8.40. The van der Waals surface area contributed by atoms with E-state index < -0.39 is 5.25 Å². The Morgan fingerprint density at radius 1 is 0.966 bits per heavy atom. The Balaban J connectivity index is 1.77. The summed E-state index contributed by atoms with van der Waals surface area (Å²) >= 11 is 1.45. The van der Waals surface area contributed by atoms with Crippen molar-refractivity contribution in [2.45, 2.75) is 17.1 Å². The summed E-state index contributed by atoms with van der Waals surface area (Å²) in [6.45, 7) is 2.08. The van der Waals surface area contributed by atoms with Crippen molar-refractivity contribution >= 4 is 35.0 Å². The summed E-state index contributed by atoms with van der Waals surface area (Å²) in [5, 5.41) is 2.49. The Bertz CT molecular complexity index is 958. The number of esters is 1. The second kappa shape index (κ2) is 9.80. The first-order valence-corrected chi connectivity index (χ1v) is 10.1. The van der Waals surface area contributed by atoms with Gasteiger partial charge in [-0.3, -0.25) is 4.79 Å². The standard InChI is InChI=1S/C23H22N2O3S/c1-2-28-23(27)17-8-12-19(13-9-17)25-22(26)21(16-6-4-3-5-7-16)29-20-14-10-18(24)11-15-20/h3-15,21H,2,24H2,1H3,(H,25,26). The highest BCUT2D eigenvalue weighted by atomic mass is 32.2. The molecule has 0 bridgehead atoms. The van der Waals surface area contributed by atoms with Gasteiger partial charge in [0.05, 0.1) is 12.2 Å². The Morgan fingerprint density at radius 2 is 1.62 bits per heavy atom. The Hall–Kier alpha value is -3.25. The van der Waals surface area contributed by atoms with Crippen molar-refractivity contribution in [3.05, 3.63) is 90.0 Å². The zero-order valence-electron chi connectivity index (χ0n) is 16.0. The Morgan fingerprint density at radius 3 is 2.24 bits per heavy atom. The summed E-state index contributed by atoms with van der Waals surface area (Å²) in [6, 6.07) is 23.7. The van der Waals surface area contributed by atoms with Gasteiger partial charge in [-0.1, -0.05) is 30.3 Å². The molecule has 3 aromatic rings. The lowest BCUT2D eigenvalue weighted by Crippen LogP contribution is -2.19. The van der Waals surface area contributed by atoms with E-state index in [1.54, 1.807) is 31.2 Å². The SMILES string of the molecule is CCOC(=O)c1ccc(NC(=O)C(Sc2ccc(N)cc2)c2ccccc2)cc1. The number of amides is 1. The number of anilines is 2. The minimum absolute atomic E-state index is 0.151. The lowest BCUT2D eigenvalue weighted by Gasteiger charge is -2.17. The van der Waals surface area contributed by atoms with Crippen LogP contribution in [0.2, 0.25) is 0 Å². The number of thioether (sulfide) groups is 1. The third kappa shape index (κ3) is 5.62. The van der Waals surface area contributed by atoms with E-state index in [1.807, 2.05) is 54.6 Å². The Kier molecular flexibility index (Phi) is 6.92. The van der Waals surface area contributed by atoms with Crippen molar-refractivity contribution in [2.24, 2.45) is 0 Å². The molecule has 1 amide bonds. The topological polar surface area (TPSA) is 81.4 Å². The molecule has 3 aromatic carbocycles. The van der Waals surface area contributed by atoms with Gasteiger partial charge in [0.15, 0.2) is 0 Å². The van der Waals surface area contributed by atoms with Crippen LogP contribution in [0.3, 0.4) is 0 Å². The summed E-state index contributed by atoms with van der Waals surface area (Å²) in [7, 11) is 0. The molecule has 1 unspecified atom stereocenters. The van der Waals surface area contributed by atoms with Gasteiger partial charge >= 0.3 is 5.97 Å². The van der Waals surface area contributed by atoms with Crippen LogP contribution in [0.15, 0.2) is 83.8 Å². The van der Waals surface area contributed by atoms with Gasteiger partial charge in [-0.25, -0.2) is 4.79 Å². The van der Waals surface area contributed by atoms with Gasteiger partial charge < -0.3 is 15.8 Å². The van der Waals surface area contributed by atoms with Crippen LogP contribution in [-0.4, -0.2) is 18.5 Å². The lowest BCUT2D eigenvalue weighted by atomic mass is 10.1. The second-order valence-electron chi connectivity index (χ2n) is 6.26. The first kappa shape index (κ1) is 20.5. The molecule has 0 aromatic heterocycles. The van der Waals surface area contributed by atoms with Gasteiger partial charge in [-0.05, 0) is 61.0 Å².